The Hall–Kier alpha value is -1.88. The average molecular weight is 275 g/mol. The number of amides is 2. The number of likely N-dealkylation sites (tertiary alicyclic amines) is 1. The van der Waals surface area contributed by atoms with Gasteiger partial charge in [0.15, 0.2) is 0 Å². The predicted molar refractivity (Wildman–Crippen MR) is 78.8 cm³/mol. The van der Waals surface area contributed by atoms with E-state index in [1.54, 1.807) is 24.3 Å². The maximum Gasteiger partial charge on any atom is 0.251 e. The van der Waals surface area contributed by atoms with Crippen LogP contribution in [0.2, 0.25) is 0 Å². The molecule has 108 valence electrons. The lowest BCUT2D eigenvalue weighted by atomic mass is 10.2. The van der Waals surface area contributed by atoms with Gasteiger partial charge in [0.2, 0.25) is 5.91 Å². The molecule has 0 aliphatic carbocycles. The Morgan fingerprint density at radius 1 is 1.25 bits per heavy atom. The standard InChI is InChI=1S/C15H21N3O2/c1-2-16-15(20)12-6-5-7-13(10-12)17-14(19)11-18-8-3-4-9-18/h5-7,10H,2-4,8-9,11H2,1H3,(H,16,20)(H,17,19). The summed E-state index contributed by atoms with van der Waals surface area (Å²) in [6.45, 7) is 4.87. The van der Waals surface area contributed by atoms with Crippen LogP contribution in [0.25, 0.3) is 0 Å². The SMILES string of the molecule is CCNC(=O)c1cccc(NC(=O)CN2CCCC2)c1. The van der Waals surface area contributed by atoms with Crippen molar-refractivity contribution in [2.45, 2.75) is 19.8 Å². The second-order valence-corrected chi connectivity index (χ2v) is 4.97. The molecule has 2 N–H and O–H groups in total. The molecule has 2 amide bonds. The van der Waals surface area contributed by atoms with Crippen molar-refractivity contribution < 1.29 is 9.59 Å². The molecule has 0 spiro atoms. The summed E-state index contributed by atoms with van der Waals surface area (Å²) in [7, 11) is 0. The van der Waals surface area contributed by atoms with Crippen molar-refractivity contribution >= 4 is 17.5 Å². The first-order chi connectivity index (χ1) is 9.69. The Balaban J connectivity index is 1.93. The van der Waals surface area contributed by atoms with Crippen molar-refractivity contribution in [3.63, 3.8) is 0 Å². The van der Waals surface area contributed by atoms with E-state index in [1.165, 1.54) is 12.8 Å². The predicted octanol–water partition coefficient (Wildman–Crippen LogP) is 1.47. The van der Waals surface area contributed by atoms with Gasteiger partial charge in [-0.3, -0.25) is 14.5 Å². The van der Waals surface area contributed by atoms with E-state index in [0.29, 0.717) is 24.3 Å². The van der Waals surface area contributed by atoms with E-state index in [-0.39, 0.29) is 11.8 Å². The summed E-state index contributed by atoms with van der Waals surface area (Å²) in [5.74, 6) is -0.150. The molecular formula is C15H21N3O2. The number of carbonyl (C=O) groups excluding carboxylic acids is 2. The van der Waals surface area contributed by atoms with Crippen molar-refractivity contribution in [3.05, 3.63) is 29.8 Å². The largest absolute Gasteiger partial charge is 0.352 e. The van der Waals surface area contributed by atoms with Gasteiger partial charge in [0.1, 0.15) is 0 Å². The summed E-state index contributed by atoms with van der Waals surface area (Å²) in [5.41, 5.74) is 1.23. The van der Waals surface area contributed by atoms with E-state index >= 15 is 0 Å². The first-order valence-electron chi connectivity index (χ1n) is 7.09. The summed E-state index contributed by atoms with van der Waals surface area (Å²) in [6, 6.07) is 7.01. The minimum atomic E-state index is -0.122. The van der Waals surface area contributed by atoms with Crippen molar-refractivity contribution in [1.29, 1.82) is 0 Å². The molecule has 20 heavy (non-hydrogen) atoms. The molecule has 1 aromatic rings. The van der Waals surface area contributed by atoms with Gasteiger partial charge in [0.05, 0.1) is 6.54 Å². The van der Waals surface area contributed by atoms with Crippen LogP contribution < -0.4 is 10.6 Å². The number of benzene rings is 1. The van der Waals surface area contributed by atoms with Crippen molar-refractivity contribution in [1.82, 2.24) is 10.2 Å². The van der Waals surface area contributed by atoms with Gasteiger partial charge in [0.25, 0.3) is 5.91 Å². The molecule has 0 unspecified atom stereocenters. The van der Waals surface area contributed by atoms with Crippen LogP contribution in [-0.4, -0.2) is 42.9 Å². The van der Waals surface area contributed by atoms with Gasteiger partial charge in [0, 0.05) is 17.8 Å². The Kier molecular flexibility index (Phi) is 5.12. The van der Waals surface area contributed by atoms with Gasteiger partial charge < -0.3 is 10.6 Å². The van der Waals surface area contributed by atoms with Gasteiger partial charge in [-0.15, -0.1) is 0 Å². The number of hydrogen-bond donors (Lipinski definition) is 2. The molecule has 1 fully saturated rings. The van der Waals surface area contributed by atoms with Gasteiger partial charge >= 0.3 is 0 Å². The van der Waals surface area contributed by atoms with Crippen LogP contribution in [0.4, 0.5) is 5.69 Å². The number of anilines is 1. The molecule has 5 heteroatoms. The number of hydrogen-bond acceptors (Lipinski definition) is 3. The maximum absolute atomic E-state index is 11.9. The molecule has 5 nitrogen and oxygen atoms in total. The topological polar surface area (TPSA) is 61.4 Å². The van der Waals surface area contributed by atoms with Crippen LogP contribution in [-0.2, 0) is 4.79 Å². The fraction of sp³-hybridized carbons (Fsp3) is 0.467. The highest BCUT2D eigenvalue weighted by atomic mass is 16.2. The first kappa shape index (κ1) is 14.5. The Bertz CT molecular complexity index is 482. The average Bonchev–Trinajstić information content (AvgIpc) is 2.92. The number of nitrogens with one attached hydrogen (secondary N) is 2. The lowest BCUT2D eigenvalue weighted by Gasteiger charge is -2.14. The number of carbonyl (C=O) groups is 2. The first-order valence-corrected chi connectivity index (χ1v) is 7.09. The molecule has 2 rings (SSSR count). The summed E-state index contributed by atoms with van der Waals surface area (Å²) in [6.07, 6.45) is 2.33. The van der Waals surface area contributed by atoms with E-state index in [9.17, 15) is 9.59 Å². The fourth-order valence-electron chi connectivity index (χ4n) is 2.35. The molecule has 0 saturated carbocycles. The third-order valence-corrected chi connectivity index (χ3v) is 3.31. The second-order valence-electron chi connectivity index (χ2n) is 4.97. The van der Waals surface area contributed by atoms with Gasteiger partial charge in [-0.2, -0.15) is 0 Å². The van der Waals surface area contributed by atoms with Crippen molar-refractivity contribution in [3.8, 4) is 0 Å². The highest BCUT2D eigenvalue weighted by Crippen LogP contribution is 2.12. The zero-order chi connectivity index (χ0) is 14.4. The molecule has 1 saturated heterocycles. The minimum Gasteiger partial charge on any atom is -0.352 e. The lowest BCUT2D eigenvalue weighted by molar-refractivity contribution is -0.117. The maximum atomic E-state index is 11.9. The van der Waals surface area contributed by atoms with Gasteiger partial charge in [-0.05, 0) is 51.1 Å². The normalized spacial score (nSPS) is 15.1. The van der Waals surface area contributed by atoms with Crippen LogP contribution in [0.1, 0.15) is 30.1 Å². The van der Waals surface area contributed by atoms with Crippen LogP contribution in [0, 0.1) is 0 Å². The van der Waals surface area contributed by atoms with Gasteiger partial charge in [-0.25, -0.2) is 0 Å². The van der Waals surface area contributed by atoms with E-state index in [1.807, 2.05) is 6.92 Å². The number of rotatable bonds is 5. The van der Waals surface area contributed by atoms with Crippen molar-refractivity contribution in [2.75, 3.05) is 31.5 Å². The van der Waals surface area contributed by atoms with E-state index in [0.717, 1.165) is 13.1 Å². The smallest absolute Gasteiger partial charge is 0.251 e. The van der Waals surface area contributed by atoms with Crippen LogP contribution in [0.3, 0.4) is 0 Å². The summed E-state index contributed by atoms with van der Waals surface area (Å²) in [5, 5.41) is 5.59. The van der Waals surface area contributed by atoms with Crippen LogP contribution >= 0.6 is 0 Å². The summed E-state index contributed by atoms with van der Waals surface area (Å²) < 4.78 is 0. The van der Waals surface area contributed by atoms with Crippen LogP contribution in [0.15, 0.2) is 24.3 Å². The van der Waals surface area contributed by atoms with E-state index in [4.69, 9.17) is 0 Å². The minimum absolute atomic E-state index is 0.0278. The van der Waals surface area contributed by atoms with E-state index in [2.05, 4.69) is 15.5 Å². The molecule has 1 aromatic carbocycles. The molecule has 1 heterocycles. The van der Waals surface area contributed by atoms with Crippen LogP contribution in [0.5, 0.6) is 0 Å². The molecule has 0 atom stereocenters. The Morgan fingerprint density at radius 3 is 2.70 bits per heavy atom. The fourth-order valence-corrected chi connectivity index (χ4v) is 2.35. The third kappa shape index (κ3) is 4.06. The molecule has 0 bridgehead atoms. The highest BCUT2D eigenvalue weighted by molar-refractivity contribution is 5.97. The highest BCUT2D eigenvalue weighted by Gasteiger charge is 2.15. The quantitative estimate of drug-likeness (QED) is 0.855. The Morgan fingerprint density at radius 2 is 2.00 bits per heavy atom. The molecular weight excluding hydrogens is 254 g/mol. The lowest BCUT2D eigenvalue weighted by Crippen LogP contribution is -2.31. The second kappa shape index (κ2) is 7.05. The third-order valence-electron chi connectivity index (χ3n) is 3.31. The Labute approximate surface area is 119 Å². The zero-order valence-electron chi connectivity index (χ0n) is 11.8. The van der Waals surface area contributed by atoms with E-state index < -0.39 is 0 Å². The van der Waals surface area contributed by atoms with Crippen molar-refractivity contribution in [2.24, 2.45) is 0 Å². The monoisotopic (exact) mass is 275 g/mol. The molecule has 0 radical (unpaired) electrons. The number of nitrogens with zero attached hydrogens (tertiary/aromatic N) is 1. The summed E-state index contributed by atoms with van der Waals surface area (Å²) >= 11 is 0. The van der Waals surface area contributed by atoms with Gasteiger partial charge in [-0.1, -0.05) is 6.07 Å². The molecule has 1 aliphatic rings. The zero-order valence-corrected chi connectivity index (χ0v) is 11.8. The molecule has 1 aliphatic heterocycles. The molecule has 0 aromatic heterocycles. The summed E-state index contributed by atoms with van der Waals surface area (Å²) in [4.78, 5) is 25.8.